The number of methoxy groups -OCH3 is 1. The molecular formula is C20H21NO4. The second-order valence-corrected chi connectivity index (χ2v) is 6.55. The van der Waals surface area contributed by atoms with Crippen molar-refractivity contribution in [2.75, 3.05) is 26.9 Å². The van der Waals surface area contributed by atoms with Crippen LogP contribution in [0.15, 0.2) is 42.5 Å². The quantitative estimate of drug-likeness (QED) is 0.910. The molecule has 0 unspecified atom stereocenters. The summed E-state index contributed by atoms with van der Waals surface area (Å²) in [7, 11) is 1.60. The molecular weight excluding hydrogens is 318 g/mol. The van der Waals surface area contributed by atoms with Crippen LogP contribution in [0.4, 0.5) is 0 Å². The second-order valence-electron chi connectivity index (χ2n) is 6.55. The van der Waals surface area contributed by atoms with Crippen LogP contribution < -0.4 is 19.5 Å². The zero-order chi connectivity index (χ0) is 17.3. The van der Waals surface area contributed by atoms with Crippen LogP contribution in [0.25, 0.3) is 0 Å². The van der Waals surface area contributed by atoms with Gasteiger partial charge < -0.3 is 19.5 Å². The Balaban J connectivity index is 1.46. The van der Waals surface area contributed by atoms with E-state index in [9.17, 15) is 4.79 Å². The van der Waals surface area contributed by atoms with Gasteiger partial charge in [-0.1, -0.05) is 12.1 Å². The third-order valence-electron chi connectivity index (χ3n) is 4.93. The Labute approximate surface area is 146 Å². The molecule has 2 aromatic carbocycles. The third kappa shape index (κ3) is 3.14. The van der Waals surface area contributed by atoms with Gasteiger partial charge >= 0.3 is 0 Å². The molecule has 2 aliphatic rings. The van der Waals surface area contributed by atoms with Gasteiger partial charge in [0.25, 0.3) is 5.91 Å². The number of hydrogen-bond donors (Lipinski definition) is 1. The third-order valence-corrected chi connectivity index (χ3v) is 4.93. The van der Waals surface area contributed by atoms with Crippen molar-refractivity contribution in [1.82, 2.24) is 5.32 Å². The highest BCUT2D eigenvalue weighted by atomic mass is 16.6. The average molecular weight is 339 g/mol. The molecule has 1 aliphatic carbocycles. The van der Waals surface area contributed by atoms with Crippen molar-refractivity contribution in [1.29, 1.82) is 0 Å². The molecule has 1 saturated carbocycles. The zero-order valence-corrected chi connectivity index (χ0v) is 14.2. The number of carbonyl (C=O) groups is 1. The van der Waals surface area contributed by atoms with Gasteiger partial charge in [-0.3, -0.25) is 4.79 Å². The highest BCUT2D eigenvalue weighted by Gasteiger charge is 2.44. The molecule has 130 valence electrons. The number of rotatable bonds is 5. The minimum absolute atomic E-state index is 0.00433. The highest BCUT2D eigenvalue weighted by Crippen LogP contribution is 2.49. The van der Waals surface area contributed by atoms with E-state index in [2.05, 4.69) is 17.4 Å². The minimum Gasteiger partial charge on any atom is -0.497 e. The van der Waals surface area contributed by atoms with Crippen LogP contribution in [0.5, 0.6) is 17.2 Å². The van der Waals surface area contributed by atoms with Crippen molar-refractivity contribution in [3.05, 3.63) is 53.6 Å². The Morgan fingerprint density at radius 2 is 1.92 bits per heavy atom. The Hall–Kier alpha value is -2.69. The summed E-state index contributed by atoms with van der Waals surface area (Å²) in [4.78, 5) is 12.4. The summed E-state index contributed by atoms with van der Waals surface area (Å²) in [5, 5.41) is 3.07. The number of ether oxygens (including phenoxy) is 3. The Bertz CT molecular complexity index is 798. The van der Waals surface area contributed by atoms with E-state index in [-0.39, 0.29) is 11.3 Å². The number of carbonyl (C=O) groups excluding carboxylic acids is 1. The molecule has 4 rings (SSSR count). The topological polar surface area (TPSA) is 56.8 Å². The first-order valence-electron chi connectivity index (χ1n) is 8.53. The Kier molecular flexibility index (Phi) is 3.99. The van der Waals surface area contributed by atoms with E-state index in [0.29, 0.717) is 31.1 Å². The lowest BCUT2D eigenvalue weighted by Crippen LogP contribution is -2.32. The van der Waals surface area contributed by atoms with Crippen LogP contribution in [0.1, 0.15) is 28.8 Å². The van der Waals surface area contributed by atoms with Crippen LogP contribution in [0, 0.1) is 0 Å². The van der Waals surface area contributed by atoms with Gasteiger partial charge in [0, 0.05) is 17.5 Å². The van der Waals surface area contributed by atoms with Gasteiger partial charge in [0.1, 0.15) is 19.0 Å². The summed E-state index contributed by atoms with van der Waals surface area (Å²) in [5.74, 6) is 2.20. The Morgan fingerprint density at radius 1 is 1.12 bits per heavy atom. The fraction of sp³-hybridized carbons (Fsp3) is 0.350. The normalized spacial score (nSPS) is 16.8. The van der Waals surface area contributed by atoms with Crippen LogP contribution in [-0.4, -0.2) is 32.8 Å². The van der Waals surface area contributed by atoms with E-state index in [1.807, 2.05) is 18.2 Å². The molecule has 0 aromatic heterocycles. The molecule has 0 bridgehead atoms. The van der Waals surface area contributed by atoms with Crippen LogP contribution in [-0.2, 0) is 5.41 Å². The fourth-order valence-electron chi connectivity index (χ4n) is 3.21. The van der Waals surface area contributed by atoms with E-state index >= 15 is 0 Å². The monoisotopic (exact) mass is 339 g/mol. The molecule has 1 amide bonds. The number of benzene rings is 2. The molecule has 5 heteroatoms. The maximum absolute atomic E-state index is 12.4. The minimum atomic E-state index is -0.0808. The van der Waals surface area contributed by atoms with Gasteiger partial charge in [-0.25, -0.2) is 0 Å². The summed E-state index contributed by atoms with van der Waals surface area (Å²) in [6.45, 7) is 1.78. The van der Waals surface area contributed by atoms with Gasteiger partial charge in [0.2, 0.25) is 0 Å². The van der Waals surface area contributed by atoms with Crippen LogP contribution >= 0.6 is 0 Å². The summed E-state index contributed by atoms with van der Waals surface area (Å²) in [5.41, 5.74) is 1.81. The summed E-state index contributed by atoms with van der Waals surface area (Å²) >= 11 is 0. The maximum atomic E-state index is 12.4. The molecule has 5 nitrogen and oxygen atoms in total. The standard InChI is InChI=1S/C20H21NO4/c1-23-16-4-2-3-14(11-16)19(22)21-13-20(7-8-20)15-5-6-17-18(12-15)25-10-9-24-17/h2-6,11-12H,7-10,13H2,1H3,(H,21,22). The predicted octanol–water partition coefficient (Wildman–Crippen LogP) is 2.93. The van der Waals surface area contributed by atoms with E-state index in [1.54, 1.807) is 19.2 Å². The molecule has 1 N–H and O–H groups in total. The van der Waals surface area contributed by atoms with Gasteiger partial charge in [-0.15, -0.1) is 0 Å². The van der Waals surface area contributed by atoms with Gasteiger partial charge in [-0.05, 0) is 48.7 Å². The SMILES string of the molecule is COc1cccc(C(=O)NCC2(c3ccc4c(c3)OCCO4)CC2)c1. The predicted molar refractivity (Wildman–Crippen MR) is 93.7 cm³/mol. The maximum Gasteiger partial charge on any atom is 0.251 e. The van der Waals surface area contributed by atoms with Gasteiger partial charge in [-0.2, -0.15) is 0 Å². The van der Waals surface area contributed by atoms with Crippen LogP contribution in [0.2, 0.25) is 0 Å². The van der Waals surface area contributed by atoms with Gasteiger partial charge in [0.15, 0.2) is 11.5 Å². The first-order chi connectivity index (χ1) is 12.2. The lowest BCUT2D eigenvalue weighted by atomic mass is 9.95. The number of nitrogens with one attached hydrogen (secondary N) is 1. The van der Waals surface area contributed by atoms with Crippen molar-refractivity contribution < 1.29 is 19.0 Å². The number of fused-ring (bicyclic) bond motifs is 1. The van der Waals surface area contributed by atoms with E-state index in [0.717, 1.165) is 24.3 Å². The molecule has 1 fully saturated rings. The smallest absolute Gasteiger partial charge is 0.251 e. The van der Waals surface area contributed by atoms with Crippen molar-refractivity contribution in [3.8, 4) is 17.2 Å². The van der Waals surface area contributed by atoms with Crippen molar-refractivity contribution in [2.24, 2.45) is 0 Å². The lowest BCUT2D eigenvalue weighted by molar-refractivity contribution is 0.0949. The number of amides is 1. The van der Waals surface area contributed by atoms with Gasteiger partial charge in [0.05, 0.1) is 7.11 Å². The molecule has 0 atom stereocenters. The van der Waals surface area contributed by atoms with E-state index in [1.165, 1.54) is 5.56 Å². The van der Waals surface area contributed by atoms with Crippen molar-refractivity contribution in [2.45, 2.75) is 18.3 Å². The lowest BCUT2D eigenvalue weighted by Gasteiger charge is -2.22. The highest BCUT2D eigenvalue weighted by molar-refractivity contribution is 5.94. The fourth-order valence-corrected chi connectivity index (χ4v) is 3.21. The first kappa shape index (κ1) is 15.8. The molecule has 25 heavy (non-hydrogen) atoms. The summed E-state index contributed by atoms with van der Waals surface area (Å²) < 4.78 is 16.4. The molecule has 0 saturated heterocycles. The molecule has 0 spiro atoms. The molecule has 0 radical (unpaired) electrons. The van der Waals surface area contributed by atoms with Crippen molar-refractivity contribution >= 4 is 5.91 Å². The molecule has 1 heterocycles. The zero-order valence-electron chi connectivity index (χ0n) is 14.2. The van der Waals surface area contributed by atoms with Crippen LogP contribution in [0.3, 0.4) is 0 Å². The molecule has 2 aromatic rings. The number of hydrogen-bond acceptors (Lipinski definition) is 4. The summed E-state index contributed by atoms with van der Waals surface area (Å²) in [6, 6.07) is 13.3. The Morgan fingerprint density at radius 3 is 2.68 bits per heavy atom. The largest absolute Gasteiger partial charge is 0.497 e. The average Bonchev–Trinajstić information content (AvgIpc) is 3.47. The van der Waals surface area contributed by atoms with E-state index < -0.39 is 0 Å². The van der Waals surface area contributed by atoms with E-state index in [4.69, 9.17) is 14.2 Å². The first-order valence-corrected chi connectivity index (χ1v) is 8.53. The van der Waals surface area contributed by atoms with Crippen molar-refractivity contribution in [3.63, 3.8) is 0 Å². The summed E-state index contributed by atoms with van der Waals surface area (Å²) in [6.07, 6.45) is 2.12. The second kappa shape index (κ2) is 6.31. The molecule has 1 aliphatic heterocycles.